The molecule has 0 saturated carbocycles. The van der Waals surface area contributed by atoms with Crippen LogP contribution in [0.1, 0.15) is 15.9 Å². The highest BCUT2D eigenvalue weighted by molar-refractivity contribution is 5.94. The summed E-state index contributed by atoms with van der Waals surface area (Å²) in [4.78, 5) is 32.3. The van der Waals surface area contributed by atoms with E-state index in [4.69, 9.17) is 14.2 Å². The highest BCUT2D eigenvalue weighted by Gasteiger charge is 2.20. The van der Waals surface area contributed by atoms with E-state index in [1.54, 1.807) is 20.3 Å². The SMILES string of the molecule is COC(=O)c1c[nH]c2cc(CN3CCN(c4ccc(OC)cc4)CC3)c(OC)cc2c1=O. The van der Waals surface area contributed by atoms with Crippen molar-refractivity contribution in [2.45, 2.75) is 6.54 Å². The van der Waals surface area contributed by atoms with Gasteiger partial charge in [0.15, 0.2) is 0 Å². The van der Waals surface area contributed by atoms with Gasteiger partial charge in [-0.05, 0) is 36.4 Å². The van der Waals surface area contributed by atoms with Crippen LogP contribution in [0.4, 0.5) is 5.69 Å². The van der Waals surface area contributed by atoms with Crippen molar-refractivity contribution in [3.63, 3.8) is 0 Å². The molecule has 32 heavy (non-hydrogen) atoms. The molecule has 8 heteroatoms. The van der Waals surface area contributed by atoms with Gasteiger partial charge in [-0.15, -0.1) is 0 Å². The van der Waals surface area contributed by atoms with Crippen molar-refractivity contribution in [3.05, 3.63) is 63.9 Å². The number of rotatable bonds is 6. The first kappa shape index (κ1) is 21.7. The lowest BCUT2D eigenvalue weighted by Crippen LogP contribution is -2.46. The Kier molecular flexibility index (Phi) is 6.32. The number of hydrogen-bond donors (Lipinski definition) is 1. The highest BCUT2D eigenvalue weighted by atomic mass is 16.5. The number of anilines is 1. The van der Waals surface area contributed by atoms with Gasteiger partial charge in [0.2, 0.25) is 5.43 Å². The minimum atomic E-state index is -0.661. The summed E-state index contributed by atoms with van der Waals surface area (Å²) >= 11 is 0. The van der Waals surface area contributed by atoms with Crippen LogP contribution >= 0.6 is 0 Å². The van der Waals surface area contributed by atoms with E-state index in [0.717, 1.165) is 37.5 Å². The number of benzene rings is 2. The third-order valence-corrected chi connectivity index (χ3v) is 5.89. The van der Waals surface area contributed by atoms with Gasteiger partial charge in [0.05, 0.1) is 26.7 Å². The molecule has 3 aromatic rings. The highest BCUT2D eigenvalue weighted by Crippen LogP contribution is 2.26. The fourth-order valence-corrected chi connectivity index (χ4v) is 4.07. The maximum atomic E-state index is 12.7. The molecule has 2 heterocycles. The molecular weight excluding hydrogens is 410 g/mol. The van der Waals surface area contributed by atoms with Crippen molar-refractivity contribution >= 4 is 22.6 Å². The quantitative estimate of drug-likeness (QED) is 0.594. The van der Waals surface area contributed by atoms with Gasteiger partial charge < -0.3 is 24.1 Å². The van der Waals surface area contributed by atoms with E-state index in [2.05, 4.69) is 26.9 Å². The molecule has 0 unspecified atom stereocenters. The molecule has 1 fully saturated rings. The van der Waals surface area contributed by atoms with Crippen molar-refractivity contribution in [3.8, 4) is 11.5 Å². The van der Waals surface area contributed by atoms with E-state index in [1.165, 1.54) is 19.0 Å². The largest absolute Gasteiger partial charge is 0.497 e. The Balaban J connectivity index is 1.50. The van der Waals surface area contributed by atoms with E-state index in [1.807, 2.05) is 18.2 Å². The lowest BCUT2D eigenvalue weighted by molar-refractivity contribution is 0.0599. The van der Waals surface area contributed by atoms with Crippen LogP contribution in [0.15, 0.2) is 47.4 Å². The fourth-order valence-electron chi connectivity index (χ4n) is 4.07. The number of nitrogens with zero attached hydrogens (tertiary/aromatic N) is 2. The summed E-state index contributed by atoms with van der Waals surface area (Å²) in [6.07, 6.45) is 1.40. The van der Waals surface area contributed by atoms with E-state index < -0.39 is 5.97 Å². The summed E-state index contributed by atoms with van der Waals surface area (Å²) in [7, 11) is 4.51. The van der Waals surface area contributed by atoms with Gasteiger partial charge in [0, 0.05) is 55.7 Å². The zero-order chi connectivity index (χ0) is 22.7. The van der Waals surface area contributed by atoms with E-state index >= 15 is 0 Å². The predicted molar refractivity (Wildman–Crippen MR) is 123 cm³/mol. The minimum Gasteiger partial charge on any atom is -0.497 e. The third kappa shape index (κ3) is 4.27. The molecule has 0 bridgehead atoms. The number of carbonyl (C=O) groups excluding carboxylic acids is 1. The smallest absolute Gasteiger partial charge is 0.343 e. The van der Waals surface area contributed by atoms with Crippen LogP contribution in [0.3, 0.4) is 0 Å². The normalized spacial score (nSPS) is 14.4. The molecule has 168 valence electrons. The van der Waals surface area contributed by atoms with Gasteiger partial charge in [-0.25, -0.2) is 4.79 Å². The van der Waals surface area contributed by atoms with Crippen LogP contribution in [0.5, 0.6) is 11.5 Å². The molecule has 8 nitrogen and oxygen atoms in total. The Morgan fingerprint density at radius 2 is 1.72 bits per heavy atom. The number of pyridine rings is 1. The van der Waals surface area contributed by atoms with Crippen molar-refractivity contribution < 1.29 is 19.0 Å². The van der Waals surface area contributed by atoms with Crippen LogP contribution in [0.2, 0.25) is 0 Å². The average molecular weight is 437 g/mol. The summed E-state index contributed by atoms with van der Waals surface area (Å²) in [5.74, 6) is 0.820. The lowest BCUT2D eigenvalue weighted by atomic mass is 10.1. The molecule has 1 aliphatic rings. The summed E-state index contributed by atoms with van der Waals surface area (Å²) in [5.41, 5.74) is 2.44. The number of fused-ring (bicyclic) bond motifs is 1. The Morgan fingerprint density at radius 3 is 2.34 bits per heavy atom. The van der Waals surface area contributed by atoms with E-state index in [0.29, 0.717) is 23.2 Å². The molecule has 2 aromatic carbocycles. The summed E-state index contributed by atoms with van der Waals surface area (Å²) < 4.78 is 15.5. The van der Waals surface area contributed by atoms with Crippen molar-refractivity contribution in [2.75, 3.05) is 52.4 Å². The van der Waals surface area contributed by atoms with Crippen LogP contribution in [-0.4, -0.2) is 63.4 Å². The zero-order valence-electron chi connectivity index (χ0n) is 18.5. The standard InChI is InChI=1S/C24H27N3O5/c1-30-18-6-4-17(5-7-18)27-10-8-26(9-11-27)15-16-12-21-19(13-22(16)31-2)23(28)20(14-25-21)24(29)32-3/h4-7,12-14H,8-11,15H2,1-3H3,(H,25,28). The Hall–Kier alpha value is -3.52. The average Bonchev–Trinajstić information content (AvgIpc) is 2.84. The molecule has 1 saturated heterocycles. The van der Waals surface area contributed by atoms with Gasteiger partial charge in [-0.3, -0.25) is 9.69 Å². The Labute approximate surface area is 186 Å². The second-order valence-corrected chi connectivity index (χ2v) is 7.69. The van der Waals surface area contributed by atoms with Crippen LogP contribution < -0.4 is 19.8 Å². The topological polar surface area (TPSA) is 84.1 Å². The molecule has 1 aromatic heterocycles. The number of H-pyrrole nitrogens is 1. The second-order valence-electron chi connectivity index (χ2n) is 7.69. The summed E-state index contributed by atoms with van der Waals surface area (Å²) in [6, 6.07) is 11.7. The number of esters is 1. The van der Waals surface area contributed by atoms with Crippen molar-refractivity contribution in [2.24, 2.45) is 0 Å². The Morgan fingerprint density at radius 1 is 1.00 bits per heavy atom. The zero-order valence-corrected chi connectivity index (χ0v) is 18.5. The first-order valence-electron chi connectivity index (χ1n) is 10.5. The molecule has 0 radical (unpaired) electrons. The third-order valence-electron chi connectivity index (χ3n) is 5.89. The number of aromatic nitrogens is 1. The van der Waals surface area contributed by atoms with Crippen LogP contribution in [0.25, 0.3) is 10.9 Å². The van der Waals surface area contributed by atoms with Crippen molar-refractivity contribution in [1.29, 1.82) is 0 Å². The fraction of sp³-hybridized carbons (Fsp3) is 0.333. The maximum Gasteiger partial charge on any atom is 0.343 e. The van der Waals surface area contributed by atoms with E-state index in [9.17, 15) is 9.59 Å². The number of piperazine rings is 1. The van der Waals surface area contributed by atoms with Crippen LogP contribution in [0, 0.1) is 0 Å². The number of hydrogen-bond acceptors (Lipinski definition) is 7. The molecule has 0 amide bonds. The van der Waals surface area contributed by atoms with Crippen LogP contribution in [-0.2, 0) is 11.3 Å². The molecular formula is C24H27N3O5. The van der Waals surface area contributed by atoms with Gasteiger partial charge in [0.1, 0.15) is 17.1 Å². The number of nitrogens with one attached hydrogen (secondary N) is 1. The number of aromatic amines is 1. The monoisotopic (exact) mass is 437 g/mol. The maximum absolute atomic E-state index is 12.7. The number of methoxy groups -OCH3 is 3. The molecule has 0 aliphatic carbocycles. The lowest BCUT2D eigenvalue weighted by Gasteiger charge is -2.36. The number of carbonyl (C=O) groups is 1. The molecule has 1 N–H and O–H groups in total. The molecule has 1 aliphatic heterocycles. The first-order valence-corrected chi connectivity index (χ1v) is 10.5. The van der Waals surface area contributed by atoms with Gasteiger partial charge in [0.25, 0.3) is 0 Å². The van der Waals surface area contributed by atoms with Gasteiger partial charge in [-0.1, -0.05) is 0 Å². The van der Waals surface area contributed by atoms with Crippen molar-refractivity contribution in [1.82, 2.24) is 9.88 Å². The second kappa shape index (κ2) is 9.32. The summed E-state index contributed by atoms with van der Waals surface area (Å²) in [5, 5.41) is 0.401. The minimum absolute atomic E-state index is 0.0237. The number of ether oxygens (including phenoxy) is 3. The predicted octanol–water partition coefficient (Wildman–Crippen LogP) is 2.65. The van der Waals surface area contributed by atoms with Gasteiger partial charge >= 0.3 is 5.97 Å². The molecule has 0 atom stereocenters. The summed E-state index contributed by atoms with van der Waals surface area (Å²) in [6.45, 7) is 4.36. The van der Waals surface area contributed by atoms with Gasteiger partial charge in [-0.2, -0.15) is 0 Å². The Bertz CT molecular complexity index is 1160. The molecule has 0 spiro atoms. The molecule has 4 rings (SSSR count). The van der Waals surface area contributed by atoms with E-state index in [-0.39, 0.29) is 11.0 Å². The first-order chi connectivity index (χ1) is 15.5.